The van der Waals surface area contributed by atoms with Crippen LogP contribution in [0, 0.1) is 5.92 Å². The number of halogens is 1. The summed E-state index contributed by atoms with van der Waals surface area (Å²) in [5.41, 5.74) is 6.55. The topological polar surface area (TPSA) is 106 Å². The van der Waals surface area contributed by atoms with E-state index in [0.717, 1.165) is 58.4 Å². The number of amides is 2. The van der Waals surface area contributed by atoms with Gasteiger partial charge < -0.3 is 35.1 Å². The average molecular weight is 497 g/mol. The molecule has 9 nitrogen and oxygen atoms in total. The van der Waals surface area contributed by atoms with Crippen LogP contribution in [-0.2, 0) is 9.47 Å². The maximum Gasteiger partial charge on any atom is 0.409 e. The molecule has 3 N–H and O–H groups in total. The summed E-state index contributed by atoms with van der Waals surface area (Å²) in [5.74, 6) is 0.735. The van der Waals surface area contributed by atoms with Crippen molar-refractivity contribution in [2.24, 2.45) is 5.92 Å². The van der Waals surface area contributed by atoms with Gasteiger partial charge in [-0.25, -0.2) is 4.79 Å². The Morgan fingerprint density at radius 2 is 1.91 bits per heavy atom. The number of nitrogens with one attached hydrogen (secondary N) is 1. The van der Waals surface area contributed by atoms with E-state index in [9.17, 15) is 9.59 Å². The van der Waals surface area contributed by atoms with Crippen molar-refractivity contribution >= 4 is 29.3 Å². The third-order valence-corrected chi connectivity index (χ3v) is 7.15. The Kier molecular flexibility index (Phi) is 9.67. The molecule has 0 aliphatic carbocycles. The molecule has 1 aromatic carbocycles. The van der Waals surface area contributed by atoms with E-state index < -0.39 is 0 Å². The molecule has 0 spiro atoms. The molecule has 0 saturated carbocycles. The lowest BCUT2D eigenvalue weighted by Crippen LogP contribution is -2.55. The molecule has 34 heavy (non-hydrogen) atoms. The van der Waals surface area contributed by atoms with Crippen LogP contribution < -0.4 is 15.8 Å². The third-order valence-electron chi connectivity index (χ3n) is 6.82. The molecular formula is C24H37ClN4O5. The van der Waals surface area contributed by atoms with E-state index in [0.29, 0.717) is 34.5 Å². The lowest BCUT2D eigenvalue weighted by atomic mass is 9.92. The SMILES string of the molecule is CCOC(=O)N1CCC(CCN2CCC(NC(=O)c3cc(Cl)c(N)cc3OC)C(OC)C2)CC1. The molecule has 0 radical (unpaired) electrons. The number of nitrogens with zero attached hydrogens (tertiary/aromatic N) is 2. The van der Waals surface area contributed by atoms with Gasteiger partial charge in [0.1, 0.15) is 5.75 Å². The van der Waals surface area contributed by atoms with Crippen LogP contribution in [0.25, 0.3) is 0 Å². The van der Waals surface area contributed by atoms with Crippen molar-refractivity contribution in [3.63, 3.8) is 0 Å². The van der Waals surface area contributed by atoms with Gasteiger partial charge in [-0.05, 0) is 51.1 Å². The maximum absolute atomic E-state index is 13.0. The fourth-order valence-corrected chi connectivity index (χ4v) is 4.90. The van der Waals surface area contributed by atoms with Crippen molar-refractivity contribution in [1.82, 2.24) is 15.1 Å². The Bertz CT molecular complexity index is 847. The van der Waals surface area contributed by atoms with Crippen molar-refractivity contribution in [3.8, 4) is 5.75 Å². The highest BCUT2D eigenvalue weighted by Gasteiger charge is 2.32. The van der Waals surface area contributed by atoms with E-state index in [1.54, 1.807) is 18.1 Å². The molecule has 0 aromatic heterocycles. The summed E-state index contributed by atoms with van der Waals surface area (Å²) in [4.78, 5) is 29.0. The number of nitrogen functional groups attached to an aromatic ring is 1. The predicted molar refractivity (Wildman–Crippen MR) is 131 cm³/mol. The van der Waals surface area contributed by atoms with Crippen LogP contribution in [0.5, 0.6) is 5.75 Å². The molecule has 2 fully saturated rings. The van der Waals surface area contributed by atoms with Crippen LogP contribution in [0.1, 0.15) is 43.0 Å². The zero-order valence-electron chi connectivity index (χ0n) is 20.3. The van der Waals surface area contributed by atoms with Crippen LogP contribution in [0.15, 0.2) is 12.1 Å². The first kappa shape index (κ1) is 26.4. The highest BCUT2D eigenvalue weighted by Crippen LogP contribution is 2.29. The molecule has 10 heteroatoms. The number of benzene rings is 1. The second-order valence-corrected chi connectivity index (χ2v) is 9.34. The Morgan fingerprint density at radius 3 is 2.56 bits per heavy atom. The van der Waals surface area contributed by atoms with Gasteiger partial charge in [0.25, 0.3) is 5.91 Å². The highest BCUT2D eigenvalue weighted by atomic mass is 35.5. The van der Waals surface area contributed by atoms with E-state index in [1.807, 2.05) is 6.92 Å². The van der Waals surface area contributed by atoms with Gasteiger partial charge in [-0.2, -0.15) is 0 Å². The molecule has 2 heterocycles. The zero-order valence-corrected chi connectivity index (χ0v) is 21.1. The smallest absolute Gasteiger partial charge is 0.409 e. The van der Waals surface area contributed by atoms with Gasteiger partial charge >= 0.3 is 6.09 Å². The number of nitrogens with two attached hydrogens (primary N) is 1. The summed E-state index contributed by atoms with van der Waals surface area (Å²) in [6, 6.07) is 2.99. The number of carbonyl (C=O) groups excluding carboxylic acids is 2. The van der Waals surface area contributed by atoms with E-state index in [1.165, 1.54) is 13.2 Å². The molecule has 0 bridgehead atoms. The molecule has 2 aliphatic rings. The number of hydrogen-bond acceptors (Lipinski definition) is 7. The van der Waals surface area contributed by atoms with Crippen molar-refractivity contribution in [1.29, 1.82) is 0 Å². The summed E-state index contributed by atoms with van der Waals surface area (Å²) in [7, 11) is 3.18. The molecule has 3 rings (SSSR count). The lowest BCUT2D eigenvalue weighted by Gasteiger charge is -2.39. The first-order chi connectivity index (χ1) is 16.4. The van der Waals surface area contributed by atoms with Gasteiger partial charge in [0, 0.05) is 39.4 Å². The molecule has 2 unspecified atom stereocenters. The van der Waals surface area contributed by atoms with Crippen molar-refractivity contribution in [2.75, 3.05) is 59.3 Å². The summed E-state index contributed by atoms with van der Waals surface area (Å²) < 4.78 is 16.2. The predicted octanol–water partition coefficient (Wildman–Crippen LogP) is 3.01. The number of hydrogen-bond donors (Lipinski definition) is 2. The molecule has 2 atom stereocenters. The van der Waals surface area contributed by atoms with Crippen molar-refractivity contribution in [3.05, 3.63) is 22.7 Å². The first-order valence-electron chi connectivity index (χ1n) is 12.0. The normalized spacial score (nSPS) is 21.8. The largest absolute Gasteiger partial charge is 0.496 e. The quantitative estimate of drug-likeness (QED) is 0.533. The number of anilines is 1. The van der Waals surface area contributed by atoms with Crippen LogP contribution >= 0.6 is 11.6 Å². The van der Waals surface area contributed by atoms with Gasteiger partial charge in [0.05, 0.1) is 42.1 Å². The second-order valence-electron chi connectivity index (χ2n) is 8.94. The molecule has 1 aromatic rings. The summed E-state index contributed by atoms with van der Waals surface area (Å²) in [6.45, 7) is 6.38. The van der Waals surface area contributed by atoms with Crippen molar-refractivity contribution < 1.29 is 23.8 Å². The first-order valence-corrected chi connectivity index (χ1v) is 12.3. The standard InChI is InChI=1S/C24H37ClN4O5/c1-4-34-24(31)29-11-6-16(7-12-29)5-9-28-10-8-20(22(15-28)33-3)27-23(30)17-13-18(25)19(26)14-21(17)32-2/h13-14,16,20,22H,4-12,15,26H2,1-3H3,(H,27,30). The monoisotopic (exact) mass is 496 g/mol. The molecule has 190 valence electrons. The second kappa shape index (κ2) is 12.5. The van der Waals surface area contributed by atoms with E-state index in [-0.39, 0.29) is 24.1 Å². The Balaban J connectivity index is 1.48. The highest BCUT2D eigenvalue weighted by molar-refractivity contribution is 6.33. The van der Waals surface area contributed by atoms with E-state index in [4.69, 9.17) is 31.5 Å². The average Bonchev–Trinajstić information content (AvgIpc) is 2.85. The fourth-order valence-electron chi connectivity index (χ4n) is 4.73. The Morgan fingerprint density at radius 1 is 1.18 bits per heavy atom. The maximum atomic E-state index is 13.0. The number of methoxy groups -OCH3 is 2. The summed E-state index contributed by atoms with van der Waals surface area (Å²) in [6.07, 6.45) is 3.57. The Hall–Kier alpha value is -2.23. The van der Waals surface area contributed by atoms with Crippen LogP contribution in [0.2, 0.25) is 5.02 Å². The summed E-state index contributed by atoms with van der Waals surface area (Å²) in [5, 5.41) is 3.41. The van der Waals surface area contributed by atoms with Crippen LogP contribution in [-0.4, -0.2) is 87.5 Å². The molecular weight excluding hydrogens is 460 g/mol. The van der Waals surface area contributed by atoms with E-state index >= 15 is 0 Å². The van der Waals surface area contributed by atoms with Gasteiger partial charge in [0.2, 0.25) is 0 Å². The van der Waals surface area contributed by atoms with Gasteiger partial charge in [-0.15, -0.1) is 0 Å². The minimum absolute atomic E-state index is 0.109. The van der Waals surface area contributed by atoms with E-state index in [2.05, 4.69) is 10.2 Å². The Labute approximate surface area is 206 Å². The molecule has 2 saturated heterocycles. The molecule has 2 amide bonds. The minimum Gasteiger partial charge on any atom is -0.496 e. The van der Waals surface area contributed by atoms with Gasteiger partial charge in [0.15, 0.2) is 0 Å². The van der Waals surface area contributed by atoms with Gasteiger partial charge in [-0.1, -0.05) is 11.6 Å². The summed E-state index contributed by atoms with van der Waals surface area (Å²) >= 11 is 6.12. The number of piperidine rings is 2. The number of likely N-dealkylation sites (tertiary alicyclic amines) is 2. The van der Waals surface area contributed by atoms with Gasteiger partial charge in [-0.3, -0.25) is 4.79 Å². The van der Waals surface area contributed by atoms with Crippen LogP contribution in [0.4, 0.5) is 10.5 Å². The number of rotatable bonds is 8. The lowest BCUT2D eigenvalue weighted by molar-refractivity contribution is 0.00406. The fraction of sp³-hybridized carbons (Fsp3) is 0.667. The number of ether oxygens (including phenoxy) is 3. The third kappa shape index (κ3) is 6.67. The van der Waals surface area contributed by atoms with Crippen molar-refractivity contribution in [2.45, 2.75) is 44.8 Å². The number of carbonyl (C=O) groups is 2. The molecule has 2 aliphatic heterocycles. The zero-order chi connectivity index (χ0) is 24.7. The van der Waals surface area contributed by atoms with Crippen LogP contribution in [0.3, 0.4) is 0 Å². The minimum atomic E-state index is -0.257.